The topological polar surface area (TPSA) is 72.8 Å². The average Bonchev–Trinajstić information content (AvgIpc) is 3.33. The van der Waals surface area contributed by atoms with Crippen molar-refractivity contribution in [2.45, 2.75) is 95.2 Å². The van der Waals surface area contributed by atoms with Crippen LogP contribution in [0.5, 0.6) is 0 Å². The Morgan fingerprint density at radius 2 is 1.50 bits per heavy atom. The summed E-state index contributed by atoms with van der Waals surface area (Å²) in [7, 11) is 0. The van der Waals surface area contributed by atoms with Gasteiger partial charge >= 0.3 is 0 Å². The molecule has 7 heteroatoms. The van der Waals surface area contributed by atoms with Gasteiger partial charge in [-0.2, -0.15) is 10.4 Å². The number of nitriles is 1. The quantitative estimate of drug-likeness (QED) is 0.339. The first kappa shape index (κ1) is 39.0. The van der Waals surface area contributed by atoms with Gasteiger partial charge in [0.25, 0.3) is 5.91 Å². The first-order chi connectivity index (χ1) is 19.2. The Hall–Kier alpha value is -3.17. The maximum atomic E-state index is 15.2. The lowest BCUT2D eigenvalue weighted by atomic mass is 9.87. The third-order valence-electron chi connectivity index (χ3n) is 5.31. The normalized spacial score (nSPS) is 11.9. The number of alkyl halides is 1. The number of rotatable bonds is 3. The number of carbonyl (C=O) groups excluding carboxylic acids is 1. The molecule has 40 heavy (non-hydrogen) atoms. The summed E-state index contributed by atoms with van der Waals surface area (Å²) in [6.45, 7) is 23.9. The van der Waals surface area contributed by atoms with E-state index < -0.39 is 5.67 Å². The van der Waals surface area contributed by atoms with Crippen molar-refractivity contribution in [3.63, 3.8) is 0 Å². The molecule has 0 spiro atoms. The zero-order valence-electron chi connectivity index (χ0n) is 26.7. The molecule has 1 amide bonds. The molecule has 5 nitrogen and oxygen atoms in total. The molecule has 2 heterocycles. The third-order valence-corrected chi connectivity index (χ3v) is 5.78. The van der Waals surface area contributed by atoms with Crippen LogP contribution in [0.3, 0.4) is 0 Å². The Morgan fingerprint density at radius 1 is 1.00 bits per heavy atom. The van der Waals surface area contributed by atoms with Crippen molar-refractivity contribution in [3.8, 4) is 17.3 Å². The molecule has 3 aromatic rings. The van der Waals surface area contributed by atoms with Crippen molar-refractivity contribution in [1.82, 2.24) is 15.1 Å². The predicted molar refractivity (Wildman–Crippen MR) is 170 cm³/mol. The highest BCUT2D eigenvalue weighted by molar-refractivity contribution is 6.33. The van der Waals surface area contributed by atoms with E-state index in [1.165, 1.54) is 11.3 Å². The SMILES string of the molecule is CC.CC.CC.CC.CCC.Cc1ccc(C(=O)N2CC(F)(c3ccc(C#N)cc3)C2)cc1-c1n[nH]c(C)c1Cl. The maximum Gasteiger partial charge on any atom is 0.254 e. The average molecular weight is 573 g/mol. The zero-order valence-corrected chi connectivity index (χ0v) is 27.4. The monoisotopic (exact) mass is 572 g/mol. The minimum Gasteiger partial charge on any atom is -0.331 e. The number of nitrogens with one attached hydrogen (secondary N) is 1. The Balaban J connectivity index is 0. The molecule has 4 rings (SSSR count). The lowest BCUT2D eigenvalue weighted by Gasteiger charge is -2.44. The lowest BCUT2D eigenvalue weighted by molar-refractivity contribution is -0.0231. The molecule has 0 aliphatic carbocycles. The van der Waals surface area contributed by atoms with Crippen molar-refractivity contribution >= 4 is 17.5 Å². The van der Waals surface area contributed by atoms with Crippen molar-refractivity contribution in [1.29, 1.82) is 5.26 Å². The van der Waals surface area contributed by atoms with Crippen molar-refractivity contribution in [2.24, 2.45) is 0 Å². The van der Waals surface area contributed by atoms with Crippen LogP contribution in [-0.2, 0) is 5.67 Å². The molecule has 0 saturated carbocycles. The molecule has 0 unspecified atom stereocenters. The van der Waals surface area contributed by atoms with Gasteiger partial charge in [0.1, 0.15) is 5.69 Å². The molecule has 1 aliphatic heterocycles. The van der Waals surface area contributed by atoms with Crippen LogP contribution < -0.4 is 0 Å². The van der Waals surface area contributed by atoms with Crippen LogP contribution in [0.25, 0.3) is 11.3 Å². The van der Waals surface area contributed by atoms with E-state index in [-0.39, 0.29) is 19.0 Å². The highest BCUT2D eigenvalue weighted by Gasteiger charge is 2.47. The molecule has 2 aromatic carbocycles. The zero-order chi connectivity index (χ0) is 31.5. The van der Waals surface area contributed by atoms with E-state index in [2.05, 4.69) is 24.0 Å². The number of carbonyl (C=O) groups is 1. The molecule has 1 saturated heterocycles. The summed E-state index contributed by atoms with van der Waals surface area (Å²) in [5.41, 5.74) is 2.87. The summed E-state index contributed by atoms with van der Waals surface area (Å²) in [5, 5.41) is 16.5. The summed E-state index contributed by atoms with van der Waals surface area (Å²) < 4.78 is 15.2. The maximum absolute atomic E-state index is 15.2. The van der Waals surface area contributed by atoms with Gasteiger partial charge in [-0.3, -0.25) is 9.89 Å². The number of nitrogens with zero attached hydrogens (tertiary/aromatic N) is 3. The molecule has 1 N–H and O–H groups in total. The van der Waals surface area contributed by atoms with Crippen LogP contribution in [0.2, 0.25) is 5.02 Å². The second-order valence-corrected chi connectivity index (χ2v) is 8.44. The first-order valence-electron chi connectivity index (χ1n) is 14.5. The second-order valence-electron chi connectivity index (χ2n) is 8.06. The summed E-state index contributed by atoms with van der Waals surface area (Å²) in [6, 6.07) is 13.7. The number of aromatic amines is 1. The van der Waals surface area contributed by atoms with E-state index in [0.717, 1.165) is 16.8 Å². The molecular formula is C33H50ClFN4O. The van der Waals surface area contributed by atoms with Gasteiger partial charge in [0.15, 0.2) is 5.67 Å². The van der Waals surface area contributed by atoms with Gasteiger partial charge in [-0.1, -0.05) is 105 Å². The minimum absolute atomic E-state index is 0.0246. The second kappa shape index (κ2) is 20.7. The molecule has 1 aromatic heterocycles. The highest BCUT2D eigenvalue weighted by atomic mass is 35.5. The Morgan fingerprint density at radius 3 is 1.93 bits per heavy atom. The van der Waals surface area contributed by atoms with Crippen LogP contribution in [-0.4, -0.2) is 34.1 Å². The van der Waals surface area contributed by atoms with E-state index >= 15 is 4.39 Å². The van der Waals surface area contributed by atoms with Crippen molar-refractivity contribution < 1.29 is 9.18 Å². The fourth-order valence-electron chi connectivity index (χ4n) is 3.52. The van der Waals surface area contributed by atoms with E-state index in [4.69, 9.17) is 16.9 Å². The van der Waals surface area contributed by atoms with Gasteiger partial charge < -0.3 is 4.90 Å². The molecule has 222 valence electrons. The van der Waals surface area contributed by atoms with Crippen molar-refractivity contribution in [2.75, 3.05) is 13.1 Å². The van der Waals surface area contributed by atoms with Crippen LogP contribution in [0.15, 0.2) is 42.5 Å². The van der Waals surface area contributed by atoms with E-state index in [0.29, 0.717) is 27.4 Å². The van der Waals surface area contributed by atoms with Crippen LogP contribution >= 0.6 is 11.6 Å². The molecule has 1 aliphatic rings. The number of H-pyrrole nitrogens is 1. The Bertz CT molecular complexity index is 1160. The first-order valence-corrected chi connectivity index (χ1v) is 14.9. The molecule has 1 fully saturated rings. The summed E-state index contributed by atoms with van der Waals surface area (Å²) >= 11 is 6.32. The van der Waals surface area contributed by atoms with Crippen LogP contribution in [0.1, 0.15) is 108 Å². The minimum atomic E-state index is -1.60. The predicted octanol–water partition coefficient (Wildman–Crippen LogP) is 10.1. The molecule has 0 atom stereocenters. The Kier molecular flexibility index (Phi) is 20.2. The third kappa shape index (κ3) is 10.1. The lowest BCUT2D eigenvalue weighted by Crippen LogP contribution is -2.58. The smallest absolute Gasteiger partial charge is 0.254 e. The van der Waals surface area contributed by atoms with Crippen molar-refractivity contribution in [3.05, 3.63) is 75.4 Å². The van der Waals surface area contributed by atoms with Crippen LogP contribution in [0.4, 0.5) is 4.39 Å². The number of aromatic nitrogens is 2. The van der Waals surface area contributed by atoms with E-state index in [1.807, 2.05) is 81.4 Å². The molecule has 0 radical (unpaired) electrons. The number of hydrogen-bond donors (Lipinski definition) is 1. The number of aryl methyl sites for hydroxylation is 2. The number of hydrogen-bond acceptors (Lipinski definition) is 3. The number of amides is 1. The number of halogens is 2. The van der Waals surface area contributed by atoms with E-state index in [1.54, 1.807) is 36.4 Å². The summed E-state index contributed by atoms with van der Waals surface area (Å²) in [5.74, 6) is -0.239. The number of likely N-dealkylation sites (tertiary alicyclic amines) is 1. The fourth-order valence-corrected chi connectivity index (χ4v) is 3.70. The number of benzene rings is 2. The standard InChI is InChI=1S/C22H18ClFN4O.C3H8.4C2H6/c1-13-3-6-16(9-18(13)20-19(23)14(2)26-27-20)21(29)28-11-22(24,12-28)17-7-4-15(10-25)5-8-17;1-3-2;4*1-2/h3-9H,11-12H2,1-2H3,(H,26,27);3H2,1-2H3;4*1-2H3. The summed E-state index contributed by atoms with van der Waals surface area (Å²) in [6.07, 6.45) is 1.25. The van der Waals surface area contributed by atoms with Gasteiger partial charge in [0.2, 0.25) is 0 Å². The van der Waals surface area contributed by atoms with Gasteiger partial charge in [-0.25, -0.2) is 4.39 Å². The summed E-state index contributed by atoms with van der Waals surface area (Å²) in [4.78, 5) is 14.4. The van der Waals surface area contributed by atoms with Gasteiger partial charge in [0, 0.05) is 11.1 Å². The fraction of sp³-hybridized carbons (Fsp3) is 0.485. The van der Waals surface area contributed by atoms with Gasteiger partial charge in [-0.05, 0) is 49.2 Å². The van der Waals surface area contributed by atoms with Gasteiger partial charge in [0.05, 0.1) is 35.4 Å². The van der Waals surface area contributed by atoms with Gasteiger partial charge in [-0.15, -0.1) is 0 Å². The van der Waals surface area contributed by atoms with Crippen LogP contribution in [0, 0.1) is 25.2 Å². The highest BCUT2D eigenvalue weighted by Crippen LogP contribution is 2.38. The largest absolute Gasteiger partial charge is 0.331 e. The van der Waals surface area contributed by atoms with E-state index in [9.17, 15) is 4.79 Å². The molecule has 0 bridgehead atoms. The Labute approximate surface area is 247 Å². The molecular weight excluding hydrogens is 523 g/mol.